The van der Waals surface area contributed by atoms with Crippen molar-refractivity contribution in [2.75, 3.05) is 13.7 Å². The van der Waals surface area contributed by atoms with E-state index in [1.54, 1.807) is 0 Å². The molecule has 17 heavy (non-hydrogen) atoms. The van der Waals surface area contributed by atoms with Crippen LogP contribution >= 0.6 is 0 Å². The zero-order valence-electron chi connectivity index (χ0n) is 12.0. The smallest absolute Gasteiger partial charge is 0.0623 e. The lowest BCUT2D eigenvalue weighted by Crippen LogP contribution is -2.37. The Balaban J connectivity index is 1.82. The highest BCUT2D eigenvalue weighted by Gasteiger charge is 2.42. The number of ether oxygens (including phenoxy) is 1. The van der Waals surface area contributed by atoms with Gasteiger partial charge in [0.05, 0.1) is 5.60 Å². The summed E-state index contributed by atoms with van der Waals surface area (Å²) in [6.45, 7) is 8.09. The van der Waals surface area contributed by atoms with E-state index in [0.717, 1.165) is 12.0 Å². The molecule has 0 heterocycles. The van der Waals surface area contributed by atoms with Crippen molar-refractivity contribution >= 4 is 0 Å². The van der Waals surface area contributed by atoms with E-state index in [0.29, 0.717) is 5.41 Å². The predicted molar refractivity (Wildman–Crippen MR) is 72.2 cm³/mol. The number of hydrogen-bond acceptors (Lipinski definition) is 2. The van der Waals surface area contributed by atoms with E-state index in [4.69, 9.17) is 4.74 Å². The molecule has 1 N–H and O–H groups in total. The van der Waals surface area contributed by atoms with Crippen LogP contribution in [0.5, 0.6) is 0 Å². The molecule has 0 radical (unpaired) electrons. The fourth-order valence-corrected chi connectivity index (χ4v) is 2.57. The van der Waals surface area contributed by atoms with Gasteiger partial charge in [-0.2, -0.15) is 0 Å². The molecule has 2 fully saturated rings. The number of methoxy groups -OCH3 is 1. The summed E-state index contributed by atoms with van der Waals surface area (Å²) in [5.41, 5.74) is 0.536. The second-order valence-electron chi connectivity index (χ2n) is 7.05. The predicted octanol–water partition coefficient (Wildman–Crippen LogP) is 3.36. The van der Waals surface area contributed by atoms with E-state index in [9.17, 15) is 0 Å². The minimum absolute atomic E-state index is 0.0374. The minimum atomic E-state index is 0.0374. The van der Waals surface area contributed by atoms with Crippen molar-refractivity contribution in [1.29, 1.82) is 0 Å². The number of nitrogens with one attached hydrogen (secondary N) is 1. The van der Waals surface area contributed by atoms with Gasteiger partial charge in [-0.3, -0.25) is 0 Å². The maximum atomic E-state index is 5.55. The van der Waals surface area contributed by atoms with Gasteiger partial charge in [0.1, 0.15) is 0 Å². The first-order chi connectivity index (χ1) is 7.95. The van der Waals surface area contributed by atoms with Crippen molar-refractivity contribution in [3.8, 4) is 0 Å². The molecular weight excluding hydrogens is 210 g/mol. The lowest BCUT2D eigenvalue weighted by atomic mass is 9.78. The van der Waals surface area contributed by atoms with Gasteiger partial charge in [0.2, 0.25) is 0 Å². The standard InChI is InChI=1S/C15H29NO/c1-14(2,17-4)9-10-15(3,12-5-6-12)11-16-13-7-8-13/h12-13,16H,5-11H2,1-4H3. The Labute approximate surface area is 107 Å². The molecule has 0 aromatic carbocycles. The van der Waals surface area contributed by atoms with Crippen LogP contribution in [0.15, 0.2) is 0 Å². The highest BCUT2D eigenvalue weighted by Crippen LogP contribution is 2.49. The first-order valence-electron chi connectivity index (χ1n) is 7.24. The summed E-state index contributed by atoms with van der Waals surface area (Å²) in [6.07, 6.45) is 8.13. The second-order valence-corrected chi connectivity index (χ2v) is 7.05. The molecule has 100 valence electrons. The highest BCUT2D eigenvalue weighted by molar-refractivity contribution is 4.95. The van der Waals surface area contributed by atoms with E-state index < -0.39 is 0 Å². The Morgan fingerprint density at radius 1 is 1.06 bits per heavy atom. The van der Waals surface area contributed by atoms with Gasteiger partial charge < -0.3 is 10.1 Å². The molecule has 2 nitrogen and oxygen atoms in total. The van der Waals surface area contributed by atoms with Crippen molar-refractivity contribution in [1.82, 2.24) is 5.32 Å². The molecule has 2 rings (SSSR count). The summed E-state index contributed by atoms with van der Waals surface area (Å²) in [6, 6.07) is 0.837. The lowest BCUT2D eigenvalue weighted by molar-refractivity contribution is 0.00271. The Kier molecular flexibility index (Phi) is 3.84. The van der Waals surface area contributed by atoms with Gasteiger partial charge in [-0.15, -0.1) is 0 Å². The summed E-state index contributed by atoms with van der Waals surface area (Å²) >= 11 is 0. The maximum absolute atomic E-state index is 5.55. The van der Waals surface area contributed by atoms with Crippen LogP contribution in [0.25, 0.3) is 0 Å². The molecule has 0 saturated heterocycles. The third kappa shape index (κ3) is 3.96. The average molecular weight is 239 g/mol. The van der Waals surface area contributed by atoms with E-state index in [2.05, 4.69) is 26.1 Å². The highest BCUT2D eigenvalue weighted by atomic mass is 16.5. The van der Waals surface area contributed by atoms with Crippen molar-refractivity contribution in [2.45, 2.75) is 70.9 Å². The Morgan fingerprint density at radius 3 is 2.18 bits per heavy atom. The van der Waals surface area contributed by atoms with Crippen LogP contribution in [-0.2, 0) is 4.74 Å². The summed E-state index contributed by atoms with van der Waals surface area (Å²) in [5, 5.41) is 3.73. The monoisotopic (exact) mass is 239 g/mol. The largest absolute Gasteiger partial charge is 0.379 e. The molecule has 1 unspecified atom stereocenters. The first kappa shape index (κ1) is 13.4. The van der Waals surface area contributed by atoms with Crippen LogP contribution in [0.4, 0.5) is 0 Å². The molecule has 1 atom stereocenters. The minimum Gasteiger partial charge on any atom is -0.379 e. The lowest BCUT2D eigenvalue weighted by Gasteiger charge is -2.34. The molecule has 2 aliphatic carbocycles. The summed E-state index contributed by atoms with van der Waals surface area (Å²) in [4.78, 5) is 0. The summed E-state index contributed by atoms with van der Waals surface area (Å²) in [5.74, 6) is 0.960. The molecule has 0 aliphatic heterocycles. The molecular formula is C15H29NO. The SMILES string of the molecule is COC(C)(C)CCC(C)(CNC1CC1)C1CC1. The molecule has 2 aliphatic rings. The van der Waals surface area contributed by atoms with Gasteiger partial charge in [-0.05, 0) is 63.7 Å². The Hall–Kier alpha value is -0.0800. The zero-order valence-corrected chi connectivity index (χ0v) is 12.0. The van der Waals surface area contributed by atoms with Crippen LogP contribution < -0.4 is 5.32 Å². The Morgan fingerprint density at radius 2 is 1.71 bits per heavy atom. The molecule has 0 aromatic heterocycles. The topological polar surface area (TPSA) is 21.3 Å². The molecule has 0 bridgehead atoms. The van der Waals surface area contributed by atoms with Gasteiger partial charge >= 0.3 is 0 Å². The van der Waals surface area contributed by atoms with Crippen molar-refractivity contribution in [2.24, 2.45) is 11.3 Å². The van der Waals surface area contributed by atoms with E-state index in [1.165, 1.54) is 45.1 Å². The third-order valence-electron chi connectivity index (χ3n) is 4.79. The van der Waals surface area contributed by atoms with Gasteiger partial charge in [-0.1, -0.05) is 6.92 Å². The average Bonchev–Trinajstić information content (AvgIpc) is 3.17. The van der Waals surface area contributed by atoms with Crippen LogP contribution in [0.3, 0.4) is 0 Å². The van der Waals surface area contributed by atoms with Gasteiger partial charge in [0.25, 0.3) is 0 Å². The van der Waals surface area contributed by atoms with Crippen LogP contribution in [-0.4, -0.2) is 25.3 Å². The van der Waals surface area contributed by atoms with Gasteiger partial charge in [0, 0.05) is 19.7 Å². The zero-order chi connectivity index (χ0) is 12.5. The van der Waals surface area contributed by atoms with E-state index >= 15 is 0 Å². The fourth-order valence-electron chi connectivity index (χ4n) is 2.57. The normalized spacial score (nSPS) is 24.7. The molecule has 2 heteroatoms. The maximum Gasteiger partial charge on any atom is 0.0623 e. The van der Waals surface area contributed by atoms with Crippen LogP contribution in [0.2, 0.25) is 0 Å². The van der Waals surface area contributed by atoms with Gasteiger partial charge in [0.15, 0.2) is 0 Å². The first-order valence-corrected chi connectivity index (χ1v) is 7.24. The molecule has 2 saturated carbocycles. The Bertz CT molecular complexity index is 256. The molecule has 0 spiro atoms. The van der Waals surface area contributed by atoms with Crippen molar-refractivity contribution in [3.63, 3.8) is 0 Å². The summed E-state index contributed by atoms with van der Waals surface area (Å²) in [7, 11) is 1.83. The van der Waals surface area contributed by atoms with Crippen molar-refractivity contribution < 1.29 is 4.74 Å². The van der Waals surface area contributed by atoms with E-state index in [1.807, 2.05) is 7.11 Å². The molecule has 0 amide bonds. The van der Waals surface area contributed by atoms with Crippen molar-refractivity contribution in [3.05, 3.63) is 0 Å². The van der Waals surface area contributed by atoms with Crippen LogP contribution in [0.1, 0.15) is 59.3 Å². The second kappa shape index (κ2) is 4.89. The number of rotatable bonds is 8. The summed E-state index contributed by atoms with van der Waals surface area (Å²) < 4.78 is 5.55. The third-order valence-corrected chi connectivity index (χ3v) is 4.79. The van der Waals surface area contributed by atoms with Crippen LogP contribution in [0, 0.1) is 11.3 Å². The van der Waals surface area contributed by atoms with E-state index in [-0.39, 0.29) is 5.60 Å². The van der Waals surface area contributed by atoms with Gasteiger partial charge in [-0.25, -0.2) is 0 Å². The number of hydrogen-bond donors (Lipinski definition) is 1. The fraction of sp³-hybridized carbons (Fsp3) is 1.00. The quantitative estimate of drug-likeness (QED) is 0.701. The molecule has 0 aromatic rings.